The minimum absolute atomic E-state index is 0.118. The van der Waals surface area contributed by atoms with Gasteiger partial charge >= 0.3 is 0 Å². The zero-order valence-corrected chi connectivity index (χ0v) is 32.1. The third kappa shape index (κ3) is 4.25. The number of aromatic nitrogens is 5. The molecule has 5 heterocycles. The number of para-hydroxylation sites is 1. The van der Waals surface area contributed by atoms with Crippen molar-refractivity contribution in [3.8, 4) is 22.6 Å². The third-order valence-corrected chi connectivity index (χ3v) is 13.3. The van der Waals surface area contributed by atoms with E-state index in [2.05, 4.69) is 158 Å². The molecule has 1 aliphatic heterocycles. The van der Waals surface area contributed by atoms with E-state index in [1.54, 1.807) is 0 Å². The Morgan fingerprint density at radius 2 is 1.60 bits per heavy atom. The van der Waals surface area contributed by atoms with Crippen molar-refractivity contribution in [2.75, 3.05) is 0 Å². The summed E-state index contributed by atoms with van der Waals surface area (Å²) in [5.74, 6) is 0.293. The predicted octanol–water partition coefficient (Wildman–Crippen LogP) is 10.5. The van der Waals surface area contributed by atoms with Crippen molar-refractivity contribution >= 4 is 32.7 Å². The lowest BCUT2D eigenvalue weighted by atomic mass is 9.47. The highest BCUT2D eigenvalue weighted by molar-refractivity contribution is 6.10. The van der Waals surface area contributed by atoms with E-state index in [1.165, 1.54) is 84.9 Å². The zero-order valence-electron chi connectivity index (χ0n) is 32.1. The van der Waals surface area contributed by atoms with E-state index in [0.29, 0.717) is 5.92 Å². The average Bonchev–Trinajstić information content (AvgIpc) is 3.70. The van der Waals surface area contributed by atoms with Crippen LogP contribution in [-0.4, -0.2) is 14.3 Å². The summed E-state index contributed by atoms with van der Waals surface area (Å²) >= 11 is 0. The van der Waals surface area contributed by atoms with Crippen LogP contribution in [0.2, 0.25) is 0 Å². The summed E-state index contributed by atoms with van der Waals surface area (Å²) in [5.41, 5.74) is 14.3. The average molecular weight is 688 g/mol. The normalized spacial score (nSPS) is 20.6. The van der Waals surface area contributed by atoms with Crippen LogP contribution in [0.25, 0.3) is 55.4 Å². The Hall–Kier alpha value is -4.77. The monoisotopic (exact) mass is 687 g/mol. The van der Waals surface area contributed by atoms with Crippen LogP contribution in [0.1, 0.15) is 95.0 Å². The Morgan fingerprint density at radius 1 is 0.788 bits per heavy atom. The lowest BCUT2D eigenvalue weighted by Gasteiger charge is -2.61. The van der Waals surface area contributed by atoms with Crippen LogP contribution in [0.5, 0.6) is 0 Å². The van der Waals surface area contributed by atoms with Crippen molar-refractivity contribution in [3.05, 3.63) is 114 Å². The molecule has 1 saturated carbocycles. The molecule has 3 aromatic carbocycles. The fraction of sp³-hybridized carbons (Fsp3) is 0.383. The van der Waals surface area contributed by atoms with Crippen LogP contribution in [0, 0.1) is 13.8 Å². The lowest BCUT2D eigenvalue weighted by molar-refractivity contribution is -0.793. The van der Waals surface area contributed by atoms with E-state index in [4.69, 9.17) is 5.10 Å². The highest BCUT2D eigenvalue weighted by Gasteiger charge is 2.75. The van der Waals surface area contributed by atoms with Gasteiger partial charge in [-0.2, -0.15) is 14.2 Å². The van der Waals surface area contributed by atoms with Gasteiger partial charge in [0.05, 0.1) is 17.2 Å². The minimum Gasteiger partial charge on any atom is -0.341 e. The lowest BCUT2D eigenvalue weighted by Crippen LogP contribution is -2.81. The van der Waals surface area contributed by atoms with Gasteiger partial charge in [-0.05, 0) is 106 Å². The smallest absolute Gasteiger partial charge is 0.231 e. The summed E-state index contributed by atoms with van der Waals surface area (Å²) in [6, 6.07) is 33.0. The molecule has 52 heavy (non-hydrogen) atoms. The van der Waals surface area contributed by atoms with E-state index < -0.39 is 0 Å². The van der Waals surface area contributed by atoms with Gasteiger partial charge in [-0.25, -0.2) is 4.68 Å². The Morgan fingerprint density at radius 3 is 2.37 bits per heavy atom. The van der Waals surface area contributed by atoms with Gasteiger partial charge in [-0.1, -0.05) is 51.5 Å². The van der Waals surface area contributed by atoms with Crippen molar-refractivity contribution in [1.82, 2.24) is 14.3 Å². The highest BCUT2D eigenvalue weighted by atomic mass is 15.4. The van der Waals surface area contributed by atoms with Crippen LogP contribution < -0.4 is 9.13 Å². The van der Waals surface area contributed by atoms with E-state index in [9.17, 15) is 0 Å². The van der Waals surface area contributed by atoms with Crippen LogP contribution >= 0.6 is 0 Å². The predicted molar refractivity (Wildman–Crippen MR) is 214 cm³/mol. The van der Waals surface area contributed by atoms with Crippen molar-refractivity contribution in [1.29, 1.82) is 0 Å². The van der Waals surface area contributed by atoms with Crippen LogP contribution in [0.15, 0.2) is 91.1 Å². The van der Waals surface area contributed by atoms with Gasteiger partial charge in [-0.15, -0.1) is 0 Å². The van der Waals surface area contributed by atoms with Gasteiger partial charge in [0.15, 0.2) is 11.7 Å². The second kappa shape index (κ2) is 12.1. The number of aryl methyl sites for hydroxylation is 5. The maximum absolute atomic E-state index is 5.28. The molecular weight excluding hydrogens is 635 g/mol. The molecule has 2 aliphatic rings. The van der Waals surface area contributed by atoms with Crippen molar-refractivity contribution < 1.29 is 9.13 Å². The second-order valence-electron chi connectivity index (χ2n) is 15.6. The van der Waals surface area contributed by atoms with Gasteiger partial charge in [-0.3, -0.25) is 0 Å². The van der Waals surface area contributed by atoms with E-state index >= 15 is 0 Å². The highest BCUT2D eigenvalue weighted by Crippen LogP contribution is 2.66. The van der Waals surface area contributed by atoms with Crippen molar-refractivity contribution in [3.63, 3.8) is 0 Å². The molecule has 0 bridgehead atoms. The first-order valence-electron chi connectivity index (χ1n) is 20.0. The van der Waals surface area contributed by atoms with Crippen LogP contribution in [-0.2, 0) is 30.6 Å². The number of rotatable bonds is 9. The number of benzene rings is 3. The molecule has 264 valence electrons. The largest absolute Gasteiger partial charge is 0.341 e. The molecule has 9 rings (SSSR count). The zero-order chi connectivity index (χ0) is 35.9. The summed E-state index contributed by atoms with van der Waals surface area (Å²) in [7, 11) is 0. The van der Waals surface area contributed by atoms with Gasteiger partial charge < -0.3 is 4.57 Å². The molecule has 1 aliphatic carbocycles. The number of nitrogens with zero attached hydrogens (tertiary/aromatic N) is 5. The SMILES string of the molecule is CCCCc1ccc2c3cc(C4CC5(CC)n6nc(C)cc6-c6cccc[n+]6C45CC)c(-c4cc(C)c5ccccc5[n+]4CC)cc3n(CC)c2c1. The molecule has 7 aromatic rings. The molecule has 1 fully saturated rings. The molecule has 0 N–H and O–H groups in total. The molecule has 3 unspecified atom stereocenters. The standard InChI is InChI=1S/C47H53N5/c1-8-13-18-33-22-23-35-37-28-36(39-30-46(9-2)47(39,10-3)51-24-17-16-21-41(51)45-26-32(7)48-52(45)46)38(29-44(37)50(12-5)43(35)27-33)42-25-31(6)34-19-14-15-20-40(34)49(42)11-4/h14-17,19-29,39H,8-13,18,30H2,1-7H3/q+2. The Kier molecular flexibility index (Phi) is 7.73. The molecule has 0 amide bonds. The first kappa shape index (κ1) is 33.1. The third-order valence-electron chi connectivity index (χ3n) is 13.3. The van der Waals surface area contributed by atoms with Gasteiger partial charge in [0, 0.05) is 64.4 Å². The molecule has 5 nitrogen and oxygen atoms in total. The minimum atomic E-state index is -0.175. The quantitative estimate of drug-likeness (QED) is 0.139. The number of fused-ring (bicyclic) bond motifs is 10. The topological polar surface area (TPSA) is 30.5 Å². The molecule has 5 heteroatoms. The summed E-state index contributed by atoms with van der Waals surface area (Å²) in [4.78, 5) is 0. The Bertz CT molecular complexity index is 2530. The number of unbranched alkanes of at least 4 members (excludes halogenated alkanes) is 1. The van der Waals surface area contributed by atoms with Gasteiger partial charge in [0.1, 0.15) is 17.8 Å². The summed E-state index contributed by atoms with van der Waals surface area (Å²) < 4.78 is 10.3. The number of hydrogen-bond acceptors (Lipinski definition) is 1. The fourth-order valence-corrected chi connectivity index (χ4v) is 10.9. The molecule has 0 radical (unpaired) electrons. The van der Waals surface area contributed by atoms with Crippen LogP contribution in [0.4, 0.5) is 0 Å². The summed E-state index contributed by atoms with van der Waals surface area (Å²) in [6.45, 7) is 18.0. The fourth-order valence-electron chi connectivity index (χ4n) is 10.9. The van der Waals surface area contributed by atoms with E-state index in [0.717, 1.165) is 44.5 Å². The maximum atomic E-state index is 5.28. The van der Waals surface area contributed by atoms with Gasteiger partial charge in [0.2, 0.25) is 16.9 Å². The summed E-state index contributed by atoms with van der Waals surface area (Å²) in [5, 5.41) is 9.36. The van der Waals surface area contributed by atoms with Crippen molar-refractivity contribution in [2.24, 2.45) is 0 Å². The maximum Gasteiger partial charge on any atom is 0.231 e. The first-order valence-corrected chi connectivity index (χ1v) is 20.0. The number of hydrogen-bond donors (Lipinski definition) is 0. The van der Waals surface area contributed by atoms with E-state index in [1.807, 2.05) is 0 Å². The van der Waals surface area contributed by atoms with E-state index in [-0.39, 0.29) is 11.1 Å². The summed E-state index contributed by atoms with van der Waals surface area (Å²) in [6.07, 6.45) is 9.04. The molecule has 0 saturated heterocycles. The second-order valence-corrected chi connectivity index (χ2v) is 15.6. The molecule has 3 atom stereocenters. The Balaban J connectivity index is 1.38. The Labute approximate surface area is 308 Å². The van der Waals surface area contributed by atoms with Gasteiger partial charge in [0.25, 0.3) is 0 Å². The molecular formula is C47H53N5+2. The molecule has 0 spiro atoms. The molecule has 4 aromatic heterocycles. The van der Waals surface area contributed by atoms with Crippen LogP contribution in [0.3, 0.4) is 0 Å². The first-order chi connectivity index (χ1) is 25.3. The number of pyridine rings is 2. The van der Waals surface area contributed by atoms with Crippen molar-refractivity contribution in [2.45, 2.75) is 117 Å².